The first-order valence-electron chi connectivity index (χ1n) is 7.67. The zero-order valence-electron chi connectivity index (χ0n) is 12.8. The molecular weight excluding hydrogens is 330 g/mol. The van der Waals surface area contributed by atoms with Crippen LogP contribution in [0, 0.1) is 0 Å². The Bertz CT molecular complexity index is 929. The Labute approximate surface area is 143 Å². The highest BCUT2D eigenvalue weighted by atomic mass is 35.5. The Balaban J connectivity index is 1.89. The number of halogens is 1. The summed E-state index contributed by atoms with van der Waals surface area (Å²) >= 11 is 7.58. The molecule has 1 aliphatic rings. The molecule has 0 unspecified atom stereocenters. The summed E-state index contributed by atoms with van der Waals surface area (Å²) in [6, 6.07) is 7.26. The van der Waals surface area contributed by atoms with E-state index in [1.54, 1.807) is 34.4 Å². The van der Waals surface area contributed by atoms with Gasteiger partial charge in [-0.25, -0.2) is 4.98 Å². The van der Waals surface area contributed by atoms with Gasteiger partial charge in [-0.1, -0.05) is 18.5 Å². The summed E-state index contributed by atoms with van der Waals surface area (Å²) in [4.78, 5) is 22.0. The lowest BCUT2D eigenvalue weighted by molar-refractivity contribution is 0.272. The van der Waals surface area contributed by atoms with Gasteiger partial charge in [-0.15, -0.1) is 11.3 Å². The van der Waals surface area contributed by atoms with Gasteiger partial charge in [0.15, 0.2) is 0 Å². The number of rotatable bonds is 2. The third-order valence-electron chi connectivity index (χ3n) is 4.39. The van der Waals surface area contributed by atoms with Crippen molar-refractivity contribution in [2.45, 2.75) is 19.9 Å². The lowest BCUT2D eigenvalue weighted by atomic mass is 10.1. The predicted molar refractivity (Wildman–Crippen MR) is 94.9 cm³/mol. The van der Waals surface area contributed by atoms with Crippen LogP contribution in [0.3, 0.4) is 0 Å². The smallest absolute Gasteiger partial charge is 0.266 e. The van der Waals surface area contributed by atoms with Crippen molar-refractivity contribution in [3.8, 4) is 5.69 Å². The highest BCUT2D eigenvalue weighted by Crippen LogP contribution is 2.32. The number of fused-ring (bicyclic) bond motifs is 3. The van der Waals surface area contributed by atoms with E-state index < -0.39 is 0 Å². The Kier molecular flexibility index (Phi) is 3.71. The monoisotopic (exact) mass is 345 g/mol. The van der Waals surface area contributed by atoms with Crippen LogP contribution in [0.25, 0.3) is 15.9 Å². The molecular formula is C17H16ClN3OS. The average molecular weight is 346 g/mol. The number of hydrogen-bond acceptors (Lipinski definition) is 4. The van der Waals surface area contributed by atoms with Crippen molar-refractivity contribution in [1.29, 1.82) is 0 Å². The molecule has 0 saturated heterocycles. The van der Waals surface area contributed by atoms with E-state index in [9.17, 15) is 4.79 Å². The van der Waals surface area contributed by atoms with E-state index in [0.717, 1.165) is 42.0 Å². The molecule has 0 radical (unpaired) electrons. The fourth-order valence-corrected chi connectivity index (χ4v) is 4.44. The van der Waals surface area contributed by atoms with E-state index in [-0.39, 0.29) is 5.56 Å². The van der Waals surface area contributed by atoms with Crippen molar-refractivity contribution in [3.05, 3.63) is 56.4 Å². The van der Waals surface area contributed by atoms with E-state index in [0.29, 0.717) is 5.02 Å². The molecule has 0 atom stereocenters. The SMILES string of the molecule is CCN1CCc2c(sc3ncn(-c4ccc(Cl)cc4)c(=O)c23)C1. The van der Waals surface area contributed by atoms with Gasteiger partial charge in [-0.2, -0.15) is 0 Å². The number of thiophene rings is 1. The Hall–Kier alpha value is -1.69. The molecule has 118 valence electrons. The molecule has 6 heteroatoms. The van der Waals surface area contributed by atoms with Gasteiger partial charge >= 0.3 is 0 Å². The lowest BCUT2D eigenvalue weighted by Crippen LogP contribution is -2.30. The van der Waals surface area contributed by atoms with Gasteiger partial charge in [0, 0.05) is 23.0 Å². The zero-order chi connectivity index (χ0) is 16.0. The summed E-state index contributed by atoms with van der Waals surface area (Å²) in [6.07, 6.45) is 2.54. The van der Waals surface area contributed by atoms with Crippen molar-refractivity contribution in [3.63, 3.8) is 0 Å². The minimum Gasteiger partial charge on any atom is -0.298 e. The van der Waals surface area contributed by atoms with Gasteiger partial charge in [0.05, 0.1) is 11.1 Å². The van der Waals surface area contributed by atoms with E-state index in [2.05, 4.69) is 16.8 Å². The molecule has 3 aromatic rings. The fraction of sp³-hybridized carbons (Fsp3) is 0.294. The van der Waals surface area contributed by atoms with Crippen LogP contribution in [0.15, 0.2) is 35.4 Å². The van der Waals surface area contributed by atoms with Gasteiger partial charge in [0.1, 0.15) is 11.2 Å². The van der Waals surface area contributed by atoms with Crippen LogP contribution in [0.1, 0.15) is 17.4 Å². The van der Waals surface area contributed by atoms with Gasteiger partial charge in [0.25, 0.3) is 5.56 Å². The van der Waals surface area contributed by atoms with Crippen molar-refractivity contribution in [2.75, 3.05) is 13.1 Å². The molecule has 1 aliphatic heterocycles. The molecule has 2 aromatic heterocycles. The second-order valence-electron chi connectivity index (χ2n) is 5.70. The van der Waals surface area contributed by atoms with Gasteiger partial charge in [0.2, 0.25) is 0 Å². The number of nitrogens with zero attached hydrogens (tertiary/aromatic N) is 3. The molecule has 0 amide bonds. The number of aromatic nitrogens is 2. The summed E-state index contributed by atoms with van der Waals surface area (Å²) < 4.78 is 1.61. The Morgan fingerprint density at radius 2 is 2.09 bits per heavy atom. The molecule has 4 rings (SSSR count). The summed E-state index contributed by atoms with van der Waals surface area (Å²) in [5.41, 5.74) is 2.00. The van der Waals surface area contributed by atoms with Gasteiger partial charge in [-0.3, -0.25) is 14.3 Å². The van der Waals surface area contributed by atoms with E-state index in [1.165, 1.54) is 10.4 Å². The van der Waals surface area contributed by atoms with Gasteiger partial charge < -0.3 is 0 Å². The Morgan fingerprint density at radius 3 is 2.83 bits per heavy atom. The molecule has 0 spiro atoms. The third-order valence-corrected chi connectivity index (χ3v) is 5.77. The normalized spacial score (nSPS) is 15.0. The molecule has 0 saturated carbocycles. The van der Waals surface area contributed by atoms with Crippen LogP contribution < -0.4 is 5.56 Å². The minimum atomic E-state index is 0.0137. The van der Waals surface area contributed by atoms with Gasteiger partial charge in [-0.05, 0) is 42.8 Å². The van der Waals surface area contributed by atoms with Crippen LogP contribution in [0.2, 0.25) is 5.02 Å². The van der Waals surface area contributed by atoms with Crippen molar-refractivity contribution in [1.82, 2.24) is 14.5 Å². The highest BCUT2D eigenvalue weighted by Gasteiger charge is 2.23. The van der Waals surface area contributed by atoms with Crippen LogP contribution in [-0.4, -0.2) is 27.5 Å². The van der Waals surface area contributed by atoms with E-state index in [1.807, 2.05) is 12.1 Å². The number of benzene rings is 1. The van der Waals surface area contributed by atoms with E-state index >= 15 is 0 Å². The van der Waals surface area contributed by atoms with Crippen LogP contribution in [0.4, 0.5) is 0 Å². The van der Waals surface area contributed by atoms with Crippen molar-refractivity contribution >= 4 is 33.2 Å². The molecule has 3 heterocycles. The van der Waals surface area contributed by atoms with Crippen LogP contribution in [0.5, 0.6) is 0 Å². The maximum absolute atomic E-state index is 13.0. The largest absolute Gasteiger partial charge is 0.298 e. The maximum Gasteiger partial charge on any atom is 0.266 e. The lowest BCUT2D eigenvalue weighted by Gasteiger charge is -2.24. The second kappa shape index (κ2) is 5.74. The summed E-state index contributed by atoms with van der Waals surface area (Å²) in [5, 5.41) is 1.45. The Morgan fingerprint density at radius 1 is 1.30 bits per heavy atom. The highest BCUT2D eigenvalue weighted by molar-refractivity contribution is 7.18. The first-order chi connectivity index (χ1) is 11.2. The molecule has 0 aliphatic carbocycles. The van der Waals surface area contributed by atoms with Crippen molar-refractivity contribution in [2.24, 2.45) is 0 Å². The topological polar surface area (TPSA) is 38.1 Å². The minimum absolute atomic E-state index is 0.0137. The first-order valence-corrected chi connectivity index (χ1v) is 8.87. The second-order valence-corrected chi connectivity index (χ2v) is 7.22. The third kappa shape index (κ3) is 2.49. The van der Waals surface area contributed by atoms with Crippen LogP contribution in [-0.2, 0) is 13.0 Å². The number of hydrogen-bond donors (Lipinski definition) is 0. The fourth-order valence-electron chi connectivity index (χ4n) is 3.09. The quantitative estimate of drug-likeness (QED) is 0.713. The molecule has 4 nitrogen and oxygen atoms in total. The average Bonchev–Trinajstić information content (AvgIpc) is 2.94. The summed E-state index contributed by atoms with van der Waals surface area (Å²) in [7, 11) is 0. The molecule has 0 bridgehead atoms. The maximum atomic E-state index is 13.0. The number of likely N-dealkylation sites (N-methyl/N-ethyl adjacent to an activating group) is 1. The first kappa shape index (κ1) is 14.9. The molecule has 0 fully saturated rings. The zero-order valence-corrected chi connectivity index (χ0v) is 14.3. The molecule has 23 heavy (non-hydrogen) atoms. The van der Waals surface area contributed by atoms with E-state index in [4.69, 9.17) is 11.6 Å². The standard InChI is InChI=1S/C17H16ClN3OS/c1-2-20-8-7-13-14(9-20)23-16-15(13)17(22)21(10-19-16)12-5-3-11(18)4-6-12/h3-6,10H,2,7-9H2,1H3. The summed E-state index contributed by atoms with van der Waals surface area (Å²) in [6.45, 7) is 5.14. The van der Waals surface area contributed by atoms with Crippen molar-refractivity contribution < 1.29 is 0 Å². The summed E-state index contributed by atoms with van der Waals surface area (Å²) in [5.74, 6) is 0. The molecule has 1 aromatic carbocycles. The predicted octanol–water partition coefficient (Wildman–Crippen LogP) is 3.48. The van der Waals surface area contributed by atoms with Crippen LogP contribution >= 0.6 is 22.9 Å². The molecule has 0 N–H and O–H groups in total.